The van der Waals surface area contributed by atoms with Gasteiger partial charge in [-0.1, -0.05) is 346 Å². The van der Waals surface area contributed by atoms with Crippen LogP contribution >= 0.6 is 0 Å². The molecule has 6 heteroatoms. The van der Waals surface area contributed by atoms with Crippen molar-refractivity contribution in [3.63, 3.8) is 0 Å². The highest BCUT2D eigenvalue weighted by molar-refractivity contribution is 5.76. The van der Waals surface area contributed by atoms with E-state index in [-0.39, 0.29) is 18.5 Å². The van der Waals surface area contributed by atoms with E-state index in [1.807, 2.05) is 6.08 Å². The Morgan fingerprint density at radius 2 is 0.641 bits per heavy atom. The Balaban J connectivity index is 3.40. The fourth-order valence-corrected chi connectivity index (χ4v) is 11.0. The van der Waals surface area contributed by atoms with Crippen LogP contribution < -0.4 is 5.32 Å². The van der Waals surface area contributed by atoms with Gasteiger partial charge in [-0.05, 0) is 64.2 Å². The van der Waals surface area contributed by atoms with Crippen molar-refractivity contribution in [2.45, 2.75) is 398 Å². The first-order valence-electron chi connectivity index (χ1n) is 35.3. The molecular weight excluding hydrogens is 959 g/mol. The van der Waals surface area contributed by atoms with E-state index < -0.39 is 12.1 Å². The average Bonchev–Trinajstić information content (AvgIpc) is 3.44. The lowest BCUT2D eigenvalue weighted by molar-refractivity contribution is -0.143. The van der Waals surface area contributed by atoms with Gasteiger partial charge in [-0.3, -0.25) is 9.59 Å². The highest BCUT2D eigenvalue weighted by Crippen LogP contribution is 2.19. The number of rotatable bonds is 66. The summed E-state index contributed by atoms with van der Waals surface area (Å²) in [6, 6.07) is -0.628. The predicted molar refractivity (Wildman–Crippen MR) is 343 cm³/mol. The molecule has 0 aromatic carbocycles. The molecule has 0 aliphatic carbocycles. The molecular formula is C72H137NO5. The molecule has 460 valence electrons. The van der Waals surface area contributed by atoms with Gasteiger partial charge in [0, 0.05) is 12.8 Å². The van der Waals surface area contributed by atoms with Crippen LogP contribution in [0.4, 0.5) is 0 Å². The second-order valence-electron chi connectivity index (χ2n) is 24.2. The summed E-state index contributed by atoms with van der Waals surface area (Å²) in [5.41, 5.74) is 0. The van der Waals surface area contributed by atoms with Gasteiger partial charge in [-0.2, -0.15) is 0 Å². The molecule has 0 radical (unpaired) electrons. The highest BCUT2D eigenvalue weighted by atomic mass is 16.5. The monoisotopic (exact) mass is 1100 g/mol. The maximum absolute atomic E-state index is 12.5. The van der Waals surface area contributed by atoms with Crippen LogP contribution in [-0.2, 0) is 14.3 Å². The van der Waals surface area contributed by atoms with Crippen molar-refractivity contribution >= 4 is 11.9 Å². The van der Waals surface area contributed by atoms with Crippen molar-refractivity contribution < 1.29 is 24.5 Å². The number of amides is 1. The summed E-state index contributed by atoms with van der Waals surface area (Å²) in [5.74, 6) is -0.0613. The molecule has 0 rings (SSSR count). The average molecular weight is 1100 g/mol. The van der Waals surface area contributed by atoms with E-state index in [2.05, 4.69) is 43.5 Å². The summed E-state index contributed by atoms with van der Waals surface area (Å²) in [6.07, 6.45) is 86.4. The van der Waals surface area contributed by atoms with Crippen LogP contribution in [0.3, 0.4) is 0 Å². The van der Waals surface area contributed by atoms with Crippen molar-refractivity contribution in [3.8, 4) is 0 Å². The number of unbranched alkanes of at least 4 members (excludes halogenated alkanes) is 51. The molecule has 0 heterocycles. The lowest BCUT2D eigenvalue weighted by Crippen LogP contribution is -2.45. The summed E-state index contributed by atoms with van der Waals surface area (Å²) in [4.78, 5) is 24.6. The van der Waals surface area contributed by atoms with Crippen LogP contribution in [-0.4, -0.2) is 47.4 Å². The Labute approximate surface area is 487 Å². The van der Waals surface area contributed by atoms with Crippen molar-refractivity contribution in [1.29, 1.82) is 0 Å². The van der Waals surface area contributed by atoms with Crippen molar-refractivity contribution in [2.75, 3.05) is 13.2 Å². The topological polar surface area (TPSA) is 95.9 Å². The molecule has 1 amide bonds. The summed E-state index contributed by atoms with van der Waals surface area (Å²) in [6.45, 7) is 4.91. The van der Waals surface area contributed by atoms with Gasteiger partial charge in [0.2, 0.25) is 5.91 Å². The smallest absolute Gasteiger partial charge is 0.305 e. The van der Waals surface area contributed by atoms with Crippen LogP contribution in [0.5, 0.6) is 0 Å². The van der Waals surface area contributed by atoms with E-state index in [1.165, 1.54) is 308 Å². The molecule has 0 bridgehead atoms. The number of esters is 1. The third-order valence-electron chi connectivity index (χ3n) is 16.4. The van der Waals surface area contributed by atoms with Crippen LogP contribution in [0.1, 0.15) is 386 Å². The molecule has 3 N–H and O–H groups in total. The molecule has 78 heavy (non-hydrogen) atoms. The number of ether oxygens (including phenoxy) is 1. The predicted octanol–water partition coefficient (Wildman–Crippen LogP) is 22.7. The molecule has 0 spiro atoms. The van der Waals surface area contributed by atoms with Crippen LogP contribution in [0.15, 0.2) is 36.5 Å². The molecule has 0 aliphatic heterocycles. The van der Waals surface area contributed by atoms with E-state index in [0.717, 1.165) is 51.4 Å². The minimum atomic E-state index is -0.845. The standard InChI is InChI=1S/C72H137NO5/c1-3-5-7-9-11-13-15-17-19-21-22-27-30-33-36-40-44-48-52-56-60-64-70(75)69(68-74)73-71(76)65-61-57-53-49-45-41-37-34-31-28-25-23-24-26-29-32-35-39-43-47-51-55-59-63-67-78-72(77)66-62-58-54-50-46-42-38-20-18-16-14-12-10-8-6-4-2/h14,16,20,38,60,64,69-70,74-75H,3-13,15,17-19,21-37,39-59,61-63,65-68H2,1-2H3,(H,73,76)/b16-14-,38-20-,64-60+. The van der Waals surface area contributed by atoms with Gasteiger partial charge in [0.1, 0.15) is 0 Å². The van der Waals surface area contributed by atoms with Gasteiger partial charge in [0.25, 0.3) is 0 Å². The van der Waals surface area contributed by atoms with E-state index in [9.17, 15) is 19.8 Å². The van der Waals surface area contributed by atoms with E-state index in [1.54, 1.807) is 6.08 Å². The maximum Gasteiger partial charge on any atom is 0.305 e. The zero-order valence-electron chi connectivity index (χ0n) is 52.7. The number of nitrogens with one attached hydrogen (secondary N) is 1. The number of allylic oxidation sites excluding steroid dienone is 5. The Hall–Kier alpha value is -1.92. The van der Waals surface area contributed by atoms with Crippen molar-refractivity contribution in [1.82, 2.24) is 5.32 Å². The van der Waals surface area contributed by atoms with Gasteiger partial charge in [-0.25, -0.2) is 0 Å². The molecule has 2 atom stereocenters. The van der Waals surface area contributed by atoms with E-state index in [0.29, 0.717) is 19.4 Å². The van der Waals surface area contributed by atoms with Gasteiger partial charge < -0.3 is 20.3 Å². The number of carbonyl (C=O) groups excluding carboxylic acids is 2. The Morgan fingerprint density at radius 3 is 0.987 bits per heavy atom. The molecule has 2 unspecified atom stereocenters. The number of carbonyl (C=O) groups is 2. The quantitative estimate of drug-likeness (QED) is 0.0320. The van der Waals surface area contributed by atoms with Gasteiger partial charge in [0.15, 0.2) is 0 Å². The first-order chi connectivity index (χ1) is 38.5. The normalized spacial score (nSPS) is 12.7. The SMILES string of the molecule is CCCCCC/C=C\C/C=C\CCCCCCCC(=O)OCCCCCCCCCCCCCCCCCCCCCCCCCCC(=O)NC(CO)C(O)/C=C/CCCCCCCCCCCCCCCCCCCCC. The summed E-state index contributed by atoms with van der Waals surface area (Å²) in [7, 11) is 0. The third-order valence-corrected chi connectivity index (χ3v) is 16.4. The second-order valence-corrected chi connectivity index (χ2v) is 24.2. The van der Waals surface area contributed by atoms with Crippen molar-refractivity contribution in [2.24, 2.45) is 0 Å². The first-order valence-corrected chi connectivity index (χ1v) is 35.3. The van der Waals surface area contributed by atoms with Gasteiger partial charge in [0.05, 0.1) is 25.4 Å². The molecule has 0 aliphatic rings. The fraction of sp³-hybridized carbons (Fsp3) is 0.889. The second kappa shape index (κ2) is 67.6. The molecule has 0 aromatic rings. The summed E-state index contributed by atoms with van der Waals surface area (Å²) in [5, 5.41) is 23.3. The maximum atomic E-state index is 12.5. The zero-order valence-corrected chi connectivity index (χ0v) is 52.7. The fourth-order valence-electron chi connectivity index (χ4n) is 11.0. The minimum absolute atomic E-state index is 0.00202. The largest absolute Gasteiger partial charge is 0.466 e. The summed E-state index contributed by atoms with van der Waals surface area (Å²) >= 11 is 0. The van der Waals surface area contributed by atoms with Gasteiger partial charge >= 0.3 is 5.97 Å². The Bertz CT molecular complexity index is 1260. The number of hydrogen-bond acceptors (Lipinski definition) is 5. The molecule has 0 aromatic heterocycles. The lowest BCUT2D eigenvalue weighted by atomic mass is 10.0. The van der Waals surface area contributed by atoms with Crippen LogP contribution in [0.25, 0.3) is 0 Å². The zero-order chi connectivity index (χ0) is 56.4. The lowest BCUT2D eigenvalue weighted by Gasteiger charge is -2.20. The Kier molecular flexibility index (Phi) is 65.9. The minimum Gasteiger partial charge on any atom is -0.466 e. The molecule has 0 saturated heterocycles. The molecule has 0 saturated carbocycles. The molecule has 0 fully saturated rings. The van der Waals surface area contributed by atoms with E-state index in [4.69, 9.17) is 4.74 Å². The number of hydrogen-bond donors (Lipinski definition) is 3. The summed E-state index contributed by atoms with van der Waals surface area (Å²) < 4.78 is 5.49. The number of aliphatic hydroxyl groups is 2. The van der Waals surface area contributed by atoms with Gasteiger partial charge in [-0.15, -0.1) is 0 Å². The third kappa shape index (κ3) is 63.3. The molecule has 6 nitrogen and oxygen atoms in total. The van der Waals surface area contributed by atoms with Crippen molar-refractivity contribution in [3.05, 3.63) is 36.5 Å². The Morgan fingerprint density at radius 1 is 0.359 bits per heavy atom. The highest BCUT2D eigenvalue weighted by Gasteiger charge is 2.18. The van der Waals surface area contributed by atoms with Crippen LogP contribution in [0, 0.1) is 0 Å². The van der Waals surface area contributed by atoms with Crippen LogP contribution in [0.2, 0.25) is 0 Å². The van der Waals surface area contributed by atoms with E-state index >= 15 is 0 Å². The first kappa shape index (κ1) is 76.1. The number of aliphatic hydroxyl groups excluding tert-OH is 2.